The second-order valence-corrected chi connectivity index (χ2v) is 6.52. The fourth-order valence-corrected chi connectivity index (χ4v) is 4.21. The first-order valence-electron chi connectivity index (χ1n) is 8.10. The van der Waals surface area contributed by atoms with Crippen LogP contribution in [0.2, 0.25) is 0 Å². The SMILES string of the molecule is CCCC[C@@H]1[C@H](c2ccc(C)cc2)C2CCN1CC2. The number of hydrogen-bond acceptors (Lipinski definition) is 1. The molecule has 3 heterocycles. The molecule has 104 valence electrons. The molecule has 1 aromatic carbocycles. The standard InChI is InChI=1S/C18H27N/c1-3-4-5-17-18(15-8-6-14(2)7-9-15)16-10-12-19(17)13-11-16/h6-9,16-18H,3-5,10-13H2,1-2H3/t17-,18-/m1/s1. The molecule has 1 nitrogen and oxygen atoms in total. The van der Waals surface area contributed by atoms with Crippen molar-refractivity contribution in [3.05, 3.63) is 35.4 Å². The summed E-state index contributed by atoms with van der Waals surface area (Å²) in [5, 5.41) is 0. The number of piperidine rings is 3. The van der Waals surface area contributed by atoms with Gasteiger partial charge in [-0.3, -0.25) is 4.90 Å². The molecule has 0 aromatic heterocycles. The van der Waals surface area contributed by atoms with Crippen molar-refractivity contribution in [1.29, 1.82) is 0 Å². The molecule has 0 amide bonds. The van der Waals surface area contributed by atoms with Gasteiger partial charge in [0.1, 0.15) is 0 Å². The first-order chi connectivity index (χ1) is 9.29. The van der Waals surface area contributed by atoms with E-state index in [2.05, 4.69) is 43.0 Å². The molecule has 0 spiro atoms. The minimum atomic E-state index is 0.801. The van der Waals surface area contributed by atoms with Crippen molar-refractivity contribution in [1.82, 2.24) is 4.90 Å². The number of rotatable bonds is 4. The van der Waals surface area contributed by atoms with Crippen LogP contribution in [0.15, 0.2) is 24.3 Å². The van der Waals surface area contributed by atoms with E-state index in [1.54, 1.807) is 5.56 Å². The quantitative estimate of drug-likeness (QED) is 0.774. The number of hydrogen-bond donors (Lipinski definition) is 0. The van der Waals surface area contributed by atoms with Gasteiger partial charge < -0.3 is 0 Å². The molecule has 0 N–H and O–H groups in total. The van der Waals surface area contributed by atoms with Crippen molar-refractivity contribution in [2.75, 3.05) is 13.1 Å². The van der Waals surface area contributed by atoms with Crippen LogP contribution in [-0.2, 0) is 0 Å². The molecule has 0 radical (unpaired) electrons. The van der Waals surface area contributed by atoms with E-state index < -0.39 is 0 Å². The first kappa shape index (κ1) is 13.2. The summed E-state index contributed by atoms with van der Waals surface area (Å²) in [6, 6.07) is 10.2. The highest BCUT2D eigenvalue weighted by atomic mass is 15.2. The number of unbranched alkanes of at least 4 members (excludes halogenated alkanes) is 1. The Morgan fingerprint density at radius 1 is 1.11 bits per heavy atom. The summed E-state index contributed by atoms with van der Waals surface area (Å²) in [6.45, 7) is 7.20. The van der Waals surface area contributed by atoms with Crippen LogP contribution in [-0.4, -0.2) is 24.0 Å². The molecule has 19 heavy (non-hydrogen) atoms. The van der Waals surface area contributed by atoms with E-state index >= 15 is 0 Å². The molecule has 0 unspecified atom stereocenters. The van der Waals surface area contributed by atoms with Crippen molar-refractivity contribution >= 4 is 0 Å². The lowest BCUT2D eigenvalue weighted by molar-refractivity contribution is 0.0202. The molecular weight excluding hydrogens is 230 g/mol. The zero-order chi connectivity index (χ0) is 13.2. The average molecular weight is 257 g/mol. The predicted octanol–water partition coefficient (Wildman–Crippen LogP) is 4.36. The van der Waals surface area contributed by atoms with Gasteiger partial charge in [-0.15, -0.1) is 0 Å². The third-order valence-electron chi connectivity index (χ3n) is 5.28. The minimum absolute atomic E-state index is 0.801. The maximum Gasteiger partial charge on any atom is 0.0167 e. The van der Waals surface area contributed by atoms with Crippen LogP contribution in [0.5, 0.6) is 0 Å². The van der Waals surface area contributed by atoms with E-state index in [9.17, 15) is 0 Å². The molecule has 0 aliphatic carbocycles. The molecule has 1 aromatic rings. The fraction of sp³-hybridized carbons (Fsp3) is 0.667. The Kier molecular flexibility index (Phi) is 3.93. The van der Waals surface area contributed by atoms with Gasteiger partial charge in [0.2, 0.25) is 0 Å². The topological polar surface area (TPSA) is 3.24 Å². The molecule has 3 aliphatic heterocycles. The third kappa shape index (κ3) is 2.58. The molecular formula is C18H27N. The molecule has 1 heteroatoms. The van der Waals surface area contributed by atoms with Gasteiger partial charge in [0.15, 0.2) is 0 Å². The summed E-state index contributed by atoms with van der Waals surface area (Å²) >= 11 is 0. The van der Waals surface area contributed by atoms with Gasteiger partial charge >= 0.3 is 0 Å². The maximum atomic E-state index is 2.78. The number of aryl methyl sites for hydroxylation is 1. The van der Waals surface area contributed by atoms with E-state index in [4.69, 9.17) is 0 Å². The number of fused-ring (bicyclic) bond motifs is 3. The lowest BCUT2D eigenvalue weighted by Crippen LogP contribution is -2.53. The van der Waals surface area contributed by atoms with Crippen LogP contribution in [0.3, 0.4) is 0 Å². The van der Waals surface area contributed by atoms with Gasteiger partial charge in [-0.1, -0.05) is 49.6 Å². The van der Waals surface area contributed by atoms with E-state index in [0.717, 1.165) is 17.9 Å². The van der Waals surface area contributed by atoms with Gasteiger partial charge in [-0.25, -0.2) is 0 Å². The van der Waals surface area contributed by atoms with Gasteiger partial charge in [0.05, 0.1) is 0 Å². The van der Waals surface area contributed by atoms with Crippen LogP contribution in [0, 0.1) is 12.8 Å². The van der Waals surface area contributed by atoms with Gasteiger partial charge in [0.25, 0.3) is 0 Å². The zero-order valence-electron chi connectivity index (χ0n) is 12.4. The van der Waals surface area contributed by atoms with Gasteiger partial charge in [0, 0.05) is 12.0 Å². The molecule has 2 atom stereocenters. The van der Waals surface area contributed by atoms with Crippen molar-refractivity contribution in [2.45, 2.75) is 57.9 Å². The average Bonchev–Trinajstić information content (AvgIpc) is 2.47. The van der Waals surface area contributed by atoms with Crippen molar-refractivity contribution < 1.29 is 0 Å². The Bertz CT molecular complexity index is 400. The first-order valence-corrected chi connectivity index (χ1v) is 8.10. The summed E-state index contributed by atoms with van der Waals surface area (Å²) in [6.07, 6.45) is 6.94. The summed E-state index contributed by atoms with van der Waals surface area (Å²) in [7, 11) is 0. The van der Waals surface area contributed by atoms with Crippen LogP contribution >= 0.6 is 0 Å². The van der Waals surface area contributed by atoms with Crippen LogP contribution in [0.4, 0.5) is 0 Å². The van der Waals surface area contributed by atoms with Crippen LogP contribution < -0.4 is 0 Å². The molecule has 2 bridgehead atoms. The van der Waals surface area contributed by atoms with E-state index in [0.29, 0.717) is 0 Å². The number of nitrogens with zero attached hydrogens (tertiary/aromatic N) is 1. The largest absolute Gasteiger partial charge is 0.300 e. The molecule has 4 rings (SSSR count). The highest BCUT2D eigenvalue weighted by Crippen LogP contribution is 2.44. The minimum Gasteiger partial charge on any atom is -0.300 e. The summed E-state index contributed by atoms with van der Waals surface area (Å²) in [4.78, 5) is 2.78. The summed E-state index contributed by atoms with van der Waals surface area (Å²) in [5.74, 6) is 1.74. The Morgan fingerprint density at radius 3 is 2.42 bits per heavy atom. The highest BCUT2D eigenvalue weighted by molar-refractivity contribution is 5.28. The van der Waals surface area contributed by atoms with E-state index in [1.165, 1.54) is 50.8 Å². The van der Waals surface area contributed by atoms with Gasteiger partial charge in [-0.05, 0) is 50.8 Å². The molecule has 3 fully saturated rings. The summed E-state index contributed by atoms with van der Waals surface area (Å²) < 4.78 is 0. The highest BCUT2D eigenvalue weighted by Gasteiger charge is 2.42. The summed E-state index contributed by atoms with van der Waals surface area (Å²) in [5.41, 5.74) is 2.98. The monoisotopic (exact) mass is 257 g/mol. The maximum absolute atomic E-state index is 2.78. The lowest BCUT2D eigenvalue weighted by atomic mass is 9.69. The Morgan fingerprint density at radius 2 is 1.79 bits per heavy atom. The van der Waals surface area contributed by atoms with Crippen LogP contribution in [0.25, 0.3) is 0 Å². The van der Waals surface area contributed by atoms with E-state index in [-0.39, 0.29) is 0 Å². The Balaban J connectivity index is 1.84. The smallest absolute Gasteiger partial charge is 0.0167 e. The van der Waals surface area contributed by atoms with Crippen molar-refractivity contribution in [3.63, 3.8) is 0 Å². The predicted molar refractivity (Wildman–Crippen MR) is 81.5 cm³/mol. The Labute approximate surface area is 118 Å². The fourth-order valence-electron chi connectivity index (χ4n) is 4.21. The number of benzene rings is 1. The van der Waals surface area contributed by atoms with Crippen molar-refractivity contribution in [3.8, 4) is 0 Å². The Hall–Kier alpha value is -0.820. The normalized spacial score (nSPS) is 33.6. The van der Waals surface area contributed by atoms with Crippen molar-refractivity contribution in [2.24, 2.45) is 5.92 Å². The molecule has 0 saturated carbocycles. The zero-order valence-corrected chi connectivity index (χ0v) is 12.4. The second-order valence-electron chi connectivity index (χ2n) is 6.52. The molecule has 3 aliphatic rings. The second kappa shape index (κ2) is 5.66. The third-order valence-corrected chi connectivity index (χ3v) is 5.28. The molecule has 3 saturated heterocycles. The van der Waals surface area contributed by atoms with E-state index in [1.807, 2.05) is 0 Å². The van der Waals surface area contributed by atoms with Gasteiger partial charge in [-0.2, -0.15) is 0 Å². The van der Waals surface area contributed by atoms with Crippen LogP contribution in [0.1, 0.15) is 56.1 Å². The lowest BCUT2D eigenvalue weighted by Gasteiger charge is -2.51.